The molecule has 28 heavy (non-hydrogen) atoms. The minimum atomic E-state index is -0.629. The highest BCUT2D eigenvalue weighted by atomic mass is 35.5. The van der Waals surface area contributed by atoms with Gasteiger partial charge in [-0.05, 0) is 62.7 Å². The molecule has 0 spiro atoms. The van der Waals surface area contributed by atoms with Crippen LogP contribution in [0.4, 0.5) is 4.39 Å². The van der Waals surface area contributed by atoms with Crippen molar-refractivity contribution in [3.8, 4) is 11.5 Å². The van der Waals surface area contributed by atoms with Gasteiger partial charge >= 0.3 is 5.97 Å². The molecule has 0 amide bonds. The average Bonchev–Trinajstić information content (AvgIpc) is 2.99. The van der Waals surface area contributed by atoms with Crippen molar-refractivity contribution in [3.63, 3.8) is 0 Å². The minimum absolute atomic E-state index is 0.0478. The van der Waals surface area contributed by atoms with Crippen molar-refractivity contribution >= 4 is 29.5 Å². The average molecular weight is 404 g/mol. The highest BCUT2D eigenvalue weighted by Crippen LogP contribution is 2.38. The van der Waals surface area contributed by atoms with Crippen LogP contribution in [0.3, 0.4) is 0 Å². The Kier molecular flexibility index (Phi) is 5.99. The van der Waals surface area contributed by atoms with Gasteiger partial charge in [-0.1, -0.05) is 17.7 Å². The molecule has 1 aliphatic rings. The lowest BCUT2D eigenvalue weighted by atomic mass is 10.1. The van der Waals surface area contributed by atoms with Gasteiger partial charge in [-0.15, -0.1) is 0 Å². The molecule has 0 saturated carbocycles. The number of carbonyl (C=O) groups excluding carboxylic acids is 1. The molecule has 7 heteroatoms. The van der Waals surface area contributed by atoms with Crippen LogP contribution in [0.1, 0.15) is 31.9 Å². The van der Waals surface area contributed by atoms with Crippen molar-refractivity contribution in [1.82, 2.24) is 0 Å². The van der Waals surface area contributed by atoms with Gasteiger partial charge in [0.2, 0.25) is 5.90 Å². The number of hydrogen-bond donors (Lipinski definition) is 0. The van der Waals surface area contributed by atoms with E-state index in [1.54, 1.807) is 18.2 Å². The number of benzene rings is 2. The second-order valence-electron chi connectivity index (χ2n) is 6.28. The van der Waals surface area contributed by atoms with Gasteiger partial charge in [0.1, 0.15) is 5.82 Å². The van der Waals surface area contributed by atoms with Crippen LogP contribution in [0, 0.1) is 5.82 Å². The third-order valence-electron chi connectivity index (χ3n) is 3.68. The molecule has 0 aromatic heterocycles. The molecule has 0 N–H and O–H groups in total. The van der Waals surface area contributed by atoms with Crippen LogP contribution in [-0.4, -0.2) is 24.6 Å². The number of halogens is 2. The molecular formula is C21H19ClFNO4. The summed E-state index contributed by atoms with van der Waals surface area (Å²) in [6.45, 7) is 6.05. The summed E-state index contributed by atoms with van der Waals surface area (Å²) < 4.78 is 29.9. The molecule has 1 heterocycles. The van der Waals surface area contributed by atoms with E-state index in [2.05, 4.69) is 4.99 Å². The third kappa shape index (κ3) is 4.51. The smallest absolute Gasteiger partial charge is 0.363 e. The predicted molar refractivity (Wildman–Crippen MR) is 105 cm³/mol. The van der Waals surface area contributed by atoms with E-state index in [1.807, 2.05) is 20.8 Å². The standard InChI is InChI=1S/C21H19ClFNO4/c1-4-26-18-10-13(8-16(22)19(18)27-12(2)3)9-17-21(25)28-20(24-17)14-6-5-7-15(23)11-14/h5-12H,4H2,1-3H3/b17-9-. The van der Waals surface area contributed by atoms with Gasteiger partial charge in [0.05, 0.1) is 17.7 Å². The van der Waals surface area contributed by atoms with Crippen LogP contribution in [0.15, 0.2) is 47.1 Å². The van der Waals surface area contributed by atoms with Gasteiger partial charge in [0, 0.05) is 5.56 Å². The maximum atomic E-state index is 13.4. The van der Waals surface area contributed by atoms with Crippen LogP contribution in [0.2, 0.25) is 5.02 Å². The summed E-state index contributed by atoms with van der Waals surface area (Å²) in [6.07, 6.45) is 1.45. The molecule has 0 radical (unpaired) electrons. The van der Waals surface area contributed by atoms with Crippen LogP contribution in [0.25, 0.3) is 6.08 Å². The van der Waals surface area contributed by atoms with Crippen molar-refractivity contribution in [3.05, 3.63) is 64.1 Å². The van der Waals surface area contributed by atoms with Crippen LogP contribution < -0.4 is 9.47 Å². The van der Waals surface area contributed by atoms with Gasteiger partial charge in [-0.25, -0.2) is 14.2 Å². The molecule has 0 atom stereocenters. The number of cyclic esters (lactones) is 1. The molecule has 2 aromatic carbocycles. The van der Waals surface area contributed by atoms with Crippen molar-refractivity contribution in [1.29, 1.82) is 0 Å². The SMILES string of the molecule is CCOc1cc(/C=C2\N=C(c3cccc(F)c3)OC2=O)cc(Cl)c1OC(C)C. The lowest BCUT2D eigenvalue weighted by Crippen LogP contribution is -2.08. The molecule has 5 nitrogen and oxygen atoms in total. The quantitative estimate of drug-likeness (QED) is 0.502. The Morgan fingerprint density at radius 3 is 2.75 bits per heavy atom. The molecule has 0 saturated heterocycles. The lowest BCUT2D eigenvalue weighted by Gasteiger charge is -2.16. The topological polar surface area (TPSA) is 57.1 Å². The number of nitrogens with zero attached hydrogens (tertiary/aromatic N) is 1. The second-order valence-corrected chi connectivity index (χ2v) is 6.68. The first-order valence-electron chi connectivity index (χ1n) is 8.79. The first-order valence-corrected chi connectivity index (χ1v) is 9.16. The van der Waals surface area contributed by atoms with E-state index >= 15 is 0 Å². The minimum Gasteiger partial charge on any atom is -0.490 e. The molecule has 0 aliphatic carbocycles. The number of hydrogen-bond acceptors (Lipinski definition) is 5. The first kappa shape index (κ1) is 19.9. The van der Waals surface area contributed by atoms with E-state index in [-0.39, 0.29) is 17.7 Å². The van der Waals surface area contributed by atoms with Crippen LogP contribution >= 0.6 is 11.6 Å². The molecule has 0 unspecified atom stereocenters. The predicted octanol–water partition coefficient (Wildman–Crippen LogP) is 5.01. The molecule has 0 fully saturated rings. The Labute approximate surface area is 167 Å². The maximum Gasteiger partial charge on any atom is 0.363 e. The molecular weight excluding hydrogens is 385 g/mol. The second kappa shape index (κ2) is 8.44. The summed E-state index contributed by atoms with van der Waals surface area (Å²) in [4.78, 5) is 16.3. The molecule has 3 rings (SSSR count). The number of ether oxygens (including phenoxy) is 3. The highest BCUT2D eigenvalue weighted by Gasteiger charge is 2.25. The van der Waals surface area contributed by atoms with Crippen molar-refractivity contribution in [2.45, 2.75) is 26.9 Å². The summed E-state index contributed by atoms with van der Waals surface area (Å²) in [5.41, 5.74) is 1.06. The van der Waals surface area contributed by atoms with Crippen LogP contribution in [-0.2, 0) is 9.53 Å². The van der Waals surface area contributed by atoms with E-state index in [0.717, 1.165) is 0 Å². The molecule has 1 aliphatic heterocycles. The Morgan fingerprint density at radius 1 is 1.29 bits per heavy atom. The van der Waals surface area contributed by atoms with Gasteiger partial charge in [-0.2, -0.15) is 0 Å². The Hall–Kier alpha value is -2.86. The summed E-state index contributed by atoms with van der Waals surface area (Å²) in [5.74, 6) is -0.111. The first-order chi connectivity index (χ1) is 13.4. The van der Waals surface area contributed by atoms with Gasteiger partial charge in [0.15, 0.2) is 17.2 Å². The Balaban J connectivity index is 1.97. The summed E-state index contributed by atoms with van der Waals surface area (Å²) in [7, 11) is 0. The van der Waals surface area contributed by atoms with Crippen molar-refractivity contribution in [2.75, 3.05) is 6.61 Å². The number of rotatable bonds is 6. The van der Waals surface area contributed by atoms with Crippen molar-refractivity contribution in [2.24, 2.45) is 4.99 Å². The van der Waals surface area contributed by atoms with Gasteiger partial charge < -0.3 is 14.2 Å². The number of esters is 1. The molecule has 2 aromatic rings. The monoisotopic (exact) mass is 403 g/mol. The third-order valence-corrected chi connectivity index (χ3v) is 3.96. The van der Waals surface area contributed by atoms with E-state index in [0.29, 0.717) is 34.3 Å². The van der Waals surface area contributed by atoms with E-state index in [1.165, 1.54) is 24.3 Å². The zero-order chi connectivity index (χ0) is 20.3. The molecule has 0 bridgehead atoms. The number of aliphatic imine (C=N–C) groups is 1. The van der Waals surface area contributed by atoms with Crippen molar-refractivity contribution < 1.29 is 23.4 Å². The lowest BCUT2D eigenvalue weighted by molar-refractivity contribution is -0.129. The normalized spacial score (nSPS) is 15.0. The zero-order valence-corrected chi connectivity index (χ0v) is 16.4. The fourth-order valence-corrected chi connectivity index (χ4v) is 2.86. The zero-order valence-electron chi connectivity index (χ0n) is 15.7. The number of carbonyl (C=O) groups is 1. The summed E-state index contributed by atoms with van der Waals surface area (Å²) in [6, 6.07) is 9.04. The van der Waals surface area contributed by atoms with Crippen LogP contribution in [0.5, 0.6) is 11.5 Å². The van der Waals surface area contributed by atoms with Gasteiger partial charge in [-0.3, -0.25) is 0 Å². The maximum absolute atomic E-state index is 13.4. The Morgan fingerprint density at radius 2 is 2.07 bits per heavy atom. The summed E-state index contributed by atoms with van der Waals surface area (Å²) in [5, 5.41) is 0.354. The largest absolute Gasteiger partial charge is 0.490 e. The summed E-state index contributed by atoms with van der Waals surface area (Å²) >= 11 is 6.35. The fraction of sp³-hybridized carbons (Fsp3) is 0.238. The van der Waals surface area contributed by atoms with E-state index < -0.39 is 11.8 Å². The fourth-order valence-electron chi connectivity index (χ4n) is 2.60. The van der Waals surface area contributed by atoms with E-state index in [4.69, 9.17) is 25.8 Å². The Bertz CT molecular complexity index is 969. The molecule has 146 valence electrons. The van der Waals surface area contributed by atoms with Gasteiger partial charge in [0.25, 0.3) is 0 Å². The van der Waals surface area contributed by atoms with E-state index in [9.17, 15) is 9.18 Å². The highest BCUT2D eigenvalue weighted by molar-refractivity contribution is 6.32.